The molecule has 1 saturated carbocycles. The van der Waals surface area contributed by atoms with Gasteiger partial charge < -0.3 is 5.32 Å². The maximum atomic E-state index is 12.6. The van der Waals surface area contributed by atoms with E-state index < -0.39 is 0 Å². The monoisotopic (exact) mass is 345 g/mol. The molecule has 25 heavy (non-hydrogen) atoms. The van der Waals surface area contributed by atoms with Crippen molar-refractivity contribution in [3.05, 3.63) is 22.9 Å². The Bertz CT molecular complexity index is 809. The zero-order chi connectivity index (χ0) is 18.0. The highest BCUT2D eigenvalue weighted by atomic mass is 16.2. The fraction of sp³-hybridized carbons (Fsp3) is 0.667. The van der Waals surface area contributed by atoms with Gasteiger partial charge in [0.25, 0.3) is 5.56 Å². The Labute approximate surface area is 147 Å². The molecule has 1 aliphatic rings. The standard InChI is InChI=1S/C18H27N5O2/c1-18(2,3)23-16-14(11-20-23)17(25)22(12-19-16)10-9-15(24)21-13-7-5-4-6-8-13/h11-13H,4-10H2,1-3H3,(H,21,24). The molecule has 1 aliphatic carbocycles. The van der Waals surface area contributed by atoms with Gasteiger partial charge in [-0.3, -0.25) is 14.2 Å². The molecule has 0 spiro atoms. The molecule has 0 atom stereocenters. The van der Waals surface area contributed by atoms with Crippen LogP contribution in [-0.4, -0.2) is 31.3 Å². The van der Waals surface area contributed by atoms with Crippen molar-refractivity contribution < 1.29 is 4.79 Å². The number of hydrogen-bond acceptors (Lipinski definition) is 4. The number of fused-ring (bicyclic) bond motifs is 1. The molecule has 7 nitrogen and oxygen atoms in total. The summed E-state index contributed by atoms with van der Waals surface area (Å²) in [7, 11) is 0. The first-order chi connectivity index (χ1) is 11.9. The lowest BCUT2D eigenvalue weighted by molar-refractivity contribution is -0.122. The molecule has 0 aromatic carbocycles. The van der Waals surface area contributed by atoms with E-state index in [1.165, 1.54) is 30.2 Å². The van der Waals surface area contributed by atoms with Gasteiger partial charge >= 0.3 is 0 Å². The number of aromatic nitrogens is 4. The van der Waals surface area contributed by atoms with Gasteiger partial charge in [-0.1, -0.05) is 19.3 Å². The van der Waals surface area contributed by atoms with E-state index in [0.717, 1.165) is 12.8 Å². The molecule has 1 fully saturated rings. The summed E-state index contributed by atoms with van der Waals surface area (Å²) in [5.41, 5.74) is 0.194. The van der Waals surface area contributed by atoms with Crippen LogP contribution in [0.25, 0.3) is 11.0 Å². The van der Waals surface area contributed by atoms with E-state index >= 15 is 0 Å². The Balaban J connectivity index is 1.69. The lowest BCUT2D eigenvalue weighted by Gasteiger charge is -2.22. The largest absolute Gasteiger partial charge is 0.353 e. The van der Waals surface area contributed by atoms with Crippen LogP contribution < -0.4 is 10.9 Å². The normalized spacial score (nSPS) is 16.3. The van der Waals surface area contributed by atoms with E-state index in [-0.39, 0.29) is 23.4 Å². The highest BCUT2D eigenvalue weighted by molar-refractivity contribution is 5.76. The molecule has 1 N–H and O–H groups in total. The van der Waals surface area contributed by atoms with E-state index in [0.29, 0.717) is 23.6 Å². The number of carbonyl (C=O) groups is 1. The van der Waals surface area contributed by atoms with E-state index in [4.69, 9.17) is 0 Å². The minimum absolute atomic E-state index is 0.00397. The molecule has 136 valence electrons. The molecule has 0 aliphatic heterocycles. The molecule has 0 saturated heterocycles. The first-order valence-corrected chi connectivity index (χ1v) is 9.09. The second kappa shape index (κ2) is 6.98. The van der Waals surface area contributed by atoms with Gasteiger partial charge in [-0.15, -0.1) is 0 Å². The van der Waals surface area contributed by atoms with Gasteiger partial charge in [-0.2, -0.15) is 5.10 Å². The van der Waals surface area contributed by atoms with Gasteiger partial charge in [0, 0.05) is 19.0 Å². The number of nitrogens with zero attached hydrogens (tertiary/aromatic N) is 4. The van der Waals surface area contributed by atoms with Crippen molar-refractivity contribution in [1.29, 1.82) is 0 Å². The second-order valence-electron chi connectivity index (χ2n) is 7.86. The quantitative estimate of drug-likeness (QED) is 0.921. The number of carbonyl (C=O) groups excluding carboxylic acids is 1. The Hall–Kier alpha value is -2.18. The molecule has 0 radical (unpaired) electrons. The van der Waals surface area contributed by atoms with Crippen LogP contribution >= 0.6 is 0 Å². The molecular weight excluding hydrogens is 318 g/mol. The zero-order valence-corrected chi connectivity index (χ0v) is 15.3. The van der Waals surface area contributed by atoms with Crippen LogP contribution in [0.1, 0.15) is 59.3 Å². The second-order valence-corrected chi connectivity index (χ2v) is 7.86. The predicted octanol–water partition coefficient (Wildman–Crippen LogP) is 2.19. The average molecular weight is 345 g/mol. The Morgan fingerprint density at radius 2 is 2.00 bits per heavy atom. The summed E-state index contributed by atoms with van der Waals surface area (Å²) in [6, 6.07) is 0.295. The maximum absolute atomic E-state index is 12.6. The molecule has 0 unspecified atom stereocenters. The molecule has 1 amide bonds. The third kappa shape index (κ3) is 3.91. The number of hydrogen-bond donors (Lipinski definition) is 1. The third-order valence-corrected chi connectivity index (χ3v) is 4.74. The van der Waals surface area contributed by atoms with E-state index in [2.05, 4.69) is 15.4 Å². The smallest absolute Gasteiger partial charge is 0.264 e. The van der Waals surface area contributed by atoms with Crippen molar-refractivity contribution >= 4 is 16.9 Å². The molecular formula is C18H27N5O2. The van der Waals surface area contributed by atoms with Gasteiger partial charge in [0.2, 0.25) is 5.91 Å². The number of nitrogens with one attached hydrogen (secondary N) is 1. The minimum atomic E-state index is -0.243. The molecule has 2 aromatic heterocycles. The van der Waals surface area contributed by atoms with Gasteiger partial charge in [0.1, 0.15) is 5.39 Å². The first kappa shape index (κ1) is 17.6. The molecule has 2 aromatic rings. The van der Waals surface area contributed by atoms with Crippen molar-refractivity contribution in [2.24, 2.45) is 0 Å². The minimum Gasteiger partial charge on any atom is -0.353 e. The van der Waals surface area contributed by atoms with Crippen LogP contribution in [0.15, 0.2) is 17.3 Å². The summed E-state index contributed by atoms with van der Waals surface area (Å²) in [5.74, 6) is 0.00397. The number of amides is 1. The van der Waals surface area contributed by atoms with Crippen molar-refractivity contribution in [2.45, 2.75) is 77.4 Å². The Morgan fingerprint density at radius 3 is 2.68 bits per heavy atom. The van der Waals surface area contributed by atoms with Crippen LogP contribution in [0.3, 0.4) is 0 Å². The summed E-state index contributed by atoms with van der Waals surface area (Å²) >= 11 is 0. The summed E-state index contributed by atoms with van der Waals surface area (Å²) in [6.45, 7) is 6.38. The molecule has 0 bridgehead atoms. The topological polar surface area (TPSA) is 81.8 Å². The Kier molecular flexibility index (Phi) is 4.92. The first-order valence-electron chi connectivity index (χ1n) is 9.09. The van der Waals surface area contributed by atoms with Gasteiger partial charge in [0.15, 0.2) is 5.65 Å². The summed E-state index contributed by atoms with van der Waals surface area (Å²) in [5, 5.41) is 7.87. The predicted molar refractivity (Wildman–Crippen MR) is 96.4 cm³/mol. The lowest BCUT2D eigenvalue weighted by atomic mass is 9.95. The fourth-order valence-corrected chi connectivity index (χ4v) is 3.37. The maximum Gasteiger partial charge on any atom is 0.264 e. The molecule has 7 heteroatoms. The summed E-state index contributed by atoms with van der Waals surface area (Å²) in [4.78, 5) is 29.1. The van der Waals surface area contributed by atoms with E-state index in [9.17, 15) is 9.59 Å². The summed E-state index contributed by atoms with van der Waals surface area (Å²) < 4.78 is 3.25. The molecule has 2 heterocycles. The van der Waals surface area contributed by atoms with Crippen molar-refractivity contribution in [1.82, 2.24) is 24.6 Å². The Morgan fingerprint density at radius 1 is 1.28 bits per heavy atom. The van der Waals surface area contributed by atoms with Crippen molar-refractivity contribution in [3.8, 4) is 0 Å². The third-order valence-electron chi connectivity index (χ3n) is 4.74. The number of rotatable bonds is 4. The van der Waals surface area contributed by atoms with Gasteiger partial charge in [-0.25, -0.2) is 9.67 Å². The van der Waals surface area contributed by atoms with Crippen LogP contribution in [0.5, 0.6) is 0 Å². The van der Waals surface area contributed by atoms with Gasteiger partial charge in [-0.05, 0) is 33.6 Å². The zero-order valence-electron chi connectivity index (χ0n) is 15.3. The average Bonchev–Trinajstić information content (AvgIpc) is 3.00. The fourth-order valence-electron chi connectivity index (χ4n) is 3.37. The van der Waals surface area contributed by atoms with Crippen LogP contribution in [-0.2, 0) is 16.9 Å². The van der Waals surface area contributed by atoms with Crippen LogP contribution in [0, 0.1) is 0 Å². The van der Waals surface area contributed by atoms with Crippen molar-refractivity contribution in [3.63, 3.8) is 0 Å². The summed E-state index contributed by atoms with van der Waals surface area (Å²) in [6.07, 6.45) is 9.12. The van der Waals surface area contributed by atoms with Crippen LogP contribution in [0.4, 0.5) is 0 Å². The van der Waals surface area contributed by atoms with E-state index in [1.807, 2.05) is 20.8 Å². The van der Waals surface area contributed by atoms with Gasteiger partial charge in [0.05, 0.1) is 18.1 Å². The SMILES string of the molecule is CC(C)(C)n1ncc2c(=O)n(CCC(=O)NC3CCCCC3)cnc21. The van der Waals surface area contributed by atoms with E-state index in [1.54, 1.807) is 10.9 Å². The van der Waals surface area contributed by atoms with Crippen LogP contribution in [0.2, 0.25) is 0 Å². The van der Waals surface area contributed by atoms with Crippen molar-refractivity contribution in [2.75, 3.05) is 0 Å². The highest BCUT2D eigenvalue weighted by Crippen LogP contribution is 2.18. The lowest BCUT2D eigenvalue weighted by Crippen LogP contribution is -2.37. The molecule has 3 rings (SSSR count). The number of aryl methyl sites for hydroxylation is 1. The highest BCUT2D eigenvalue weighted by Gasteiger charge is 2.20.